The first-order chi connectivity index (χ1) is 26.8. The van der Waals surface area contributed by atoms with Gasteiger partial charge in [0.05, 0.1) is 159 Å². The van der Waals surface area contributed by atoms with E-state index in [4.69, 9.17) is 66.3 Å². The van der Waals surface area contributed by atoms with E-state index in [0.717, 1.165) is 0 Å². The number of likely N-dealkylation sites (N-methyl/N-ethyl adjacent to an activating group) is 2. The van der Waals surface area contributed by atoms with E-state index in [0.29, 0.717) is 172 Å². The van der Waals surface area contributed by atoms with E-state index in [9.17, 15) is 9.59 Å². The first-order valence-corrected chi connectivity index (χ1v) is 19.6. The normalized spacial score (nSPS) is 11.9. The van der Waals surface area contributed by atoms with Crippen LogP contribution in [-0.2, 0) is 66.3 Å². The molecule has 0 N–H and O–H groups in total. The Labute approximate surface area is 336 Å². The zero-order valence-electron chi connectivity index (χ0n) is 35.8. The highest BCUT2D eigenvalue weighted by Gasteiger charge is 2.20. The Kier molecular flexibility index (Phi) is 36.0. The van der Waals surface area contributed by atoms with Crippen molar-refractivity contribution >= 4 is 12.2 Å². The first kappa shape index (κ1) is 54.1. The summed E-state index contributed by atoms with van der Waals surface area (Å²) in [6.07, 6.45) is -0.737. The molecule has 334 valence electrons. The summed E-state index contributed by atoms with van der Waals surface area (Å²) in [5.41, 5.74) is -1.03. The molecule has 0 aromatic heterocycles. The van der Waals surface area contributed by atoms with Crippen LogP contribution in [-0.4, -0.2) is 219 Å². The molecule has 2 amide bonds. The van der Waals surface area contributed by atoms with E-state index in [1.165, 1.54) is 9.80 Å². The molecule has 0 aliphatic carbocycles. The highest BCUT2D eigenvalue weighted by Crippen LogP contribution is 2.09. The Balaban J connectivity index is 3.19. The second kappa shape index (κ2) is 37.3. The number of amides is 2. The monoisotopic (exact) mass is 817 g/mol. The molecule has 0 aliphatic rings. The van der Waals surface area contributed by atoms with Crippen molar-refractivity contribution in [2.45, 2.75) is 52.7 Å². The number of ether oxygens (including phenoxy) is 14. The topological polar surface area (TPSA) is 170 Å². The molecular weight excluding hydrogens is 740 g/mol. The van der Waals surface area contributed by atoms with Gasteiger partial charge < -0.3 is 76.1 Å². The fraction of sp³-hybridized carbons (Fsp3) is 0.947. The van der Waals surface area contributed by atoms with E-state index < -0.39 is 11.2 Å². The molecule has 0 atom stereocenters. The highest BCUT2D eigenvalue weighted by molar-refractivity contribution is 5.68. The Morgan fingerprint density at radius 1 is 0.304 bits per heavy atom. The quantitative estimate of drug-likeness (QED) is 0.0830. The van der Waals surface area contributed by atoms with Crippen molar-refractivity contribution < 1.29 is 75.9 Å². The molecule has 0 unspecified atom stereocenters. The number of carbonyl (C=O) groups excluding carboxylic acids is 2. The number of hydrogen-bond acceptors (Lipinski definition) is 16. The van der Waals surface area contributed by atoms with Crippen molar-refractivity contribution in [3.05, 3.63) is 0 Å². The molecule has 0 spiro atoms. The first-order valence-electron chi connectivity index (χ1n) is 19.6. The predicted octanol–water partition coefficient (Wildman–Crippen LogP) is 2.92. The van der Waals surface area contributed by atoms with Gasteiger partial charge in [0.1, 0.15) is 11.2 Å². The molecule has 18 nitrogen and oxygen atoms in total. The molecule has 0 fully saturated rings. The maximum absolute atomic E-state index is 11.9. The SMILES string of the molecule is CN(CCOCCOCCOCCOCCOCCOCCOCCOCCOCCOCCOCCOCCN(C)C(=O)OC(C)(C)C)C(=O)OC(C)(C)C. The van der Waals surface area contributed by atoms with Crippen LogP contribution in [0.2, 0.25) is 0 Å². The van der Waals surface area contributed by atoms with Crippen LogP contribution < -0.4 is 0 Å². The lowest BCUT2D eigenvalue weighted by Gasteiger charge is -2.24. The zero-order valence-corrected chi connectivity index (χ0v) is 35.8. The van der Waals surface area contributed by atoms with Gasteiger partial charge in [-0.05, 0) is 41.5 Å². The minimum Gasteiger partial charge on any atom is -0.444 e. The lowest BCUT2D eigenvalue weighted by molar-refractivity contribution is -0.0286. The third-order valence-corrected chi connectivity index (χ3v) is 6.64. The standard InChI is InChI=1S/C38H76N2O16/c1-37(2,3)55-35(41)39(7)9-11-43-13-15-45-17-19-47-21-23-49-25-27-51-29-31-53-33-34-54-32-30-52-28-26-50-24-22-48-20-18-46-16-14-44-12-10-40(8)36(42)56-38(4,5)6/h9-34H2,1-8H3. The van der Waals surface area contributed by atoms with Gasteiger partial charge in [0.25, 0.3) is 0 Å². The van der Waals surface area contributed by atoms with Crippen molar-refractivity contribution in [1.29, 1.82) is 0 Å². The molecule has 0 heterocycles. The van der Waals surface area contributed by atoms with E-state index in [1.807, 2.05) is 41.5 Å². The maximum atomic E-state index is 11.9. The van der Waals surface area contributed by atoms with Crippen molar-refractivity contribution in [2.24, 2.45) is 0 Å². The Bertz CT molecular complexity index is 821. The lowest BCUT2D eigenvalue weighted by Crippen LogP contribution is -2.36. The Morgan fingerprint density at radius 3 is 0.589 bits per heavy atom. The van der Waals surface area contributed by atoms with E-state index >= 15 is 0 Å². The summed E-state index contributed by atoms with van der Waals surface area (Å²) in [6.45, 7) is 23.1. The van der Waals surface area contributed by atoms with Crippen molar-refractivity contribution in [3.63, 3.8) is 0 Å². The summed E-state index contributed by atoms with van der Waals surface area (Å²) in [5, 5.41) is 0. The van der Waals surface area contributed by atoms with Gasteiger partial charge in [-0.15, -0.1) is 0 Å². The smallest absolute Gasteiger partial charge is 0.410 e. The lowest BCUT2D eigenvalue weighted by atomic mass is 10.2. The van der Waals surface area contributed by atoms with Crippen LogP contribution in [0.4, 0.5) is 9.59 Å². The summed E-state index contributed by atoms with van der Waals surface area (Å²) < 4.78 is 76.4. The van der Waals surface area contributed by atoms with Crippen LogP contribution >= 0.6 is 0 Å². The molecule has 0 aliphatic heterocycles. The van der Waals surface area contributed by atoms with Gasteiger partial charge in [-0.3, -0.25) is 0 Å². The summed E-state index contributed by atoms with van der Waals surface area (Å²) >= 11 is 0. The molecule has 0 bridgehead atoms. The van der Waals surface area contributed by atoms with Crippen LogP contribution in [0, 0.1) is 0 Å². The molecule has 0 aromatic carbocycles. The van der Waals surface area contributed by atoms with Gasteiger partial charge in [-0.2, -0.15) is 0 Å². The summed E-state index contributed by atoms with van der Waals surface area (Å²) in [5.74, 6) is 0. The predicted molar refractivity (Wildman–Crippen MR) is 208 cm³/mol. The fourth-order valence-electron chi connectivity index (χ4n) is 3.79. The molecule has 0 radical (unpaired) electrons. The van der Waals surface area contributed by atoms with Gasteiger partial charge in [-0.25, -0.2) is 9.59 Å². The largest absolute Gasteiger partial charge is 0.444 e. The zero-order chi connectivity index (χ0) is 41.6. The van der Waals surface area contributed by atoms with Crippen molar-refractivity contribution in [2.75, 3.05) is 186 Å². The Hall–Kier alpha value is -1.94. The van der Waals surface area contributed by atoms with Gasteiger partial charge >= 0.3 is 12.2 Å². The number of carbonyl (C=O) groups is 2. The second-order valence-corrected chi connectivity index (χ2v) is 14.2. The van der Waals surface area contributed by atoms with E-state index in [2.05, 4.69) is 0 Å². The Morgan fingerprint density at radius 2 is 0.446 bits per heavy atom. The minimum absolute atomic E-state index is 0.368. The van der Waals surface area contributed by atoms with Crippen LogP contribution in [0.15, 0.2) is 0 Å². The van der Waals surface area contributed by atoms with E-state index in [-0.39, 0.29) is 12.2 Å². The summed E-state index contributed by atoms with van der Waals surface area (Å²) in [4.78, 5) is 26.7. The van der Waals surface area contributed by atoms with Gasteiger partial charge in [0, 0.05) is 27.2 Å². The highest BCUT2D eigenvalue weighted by atomic mass is 16.6. The minimum atomic E-state index is -0.515. The number of nitrogens with zero attached hydrogens (tertiary/aromatic N) is 2. The molecule has 18 heteroatoms. The summed E-state index contributed by atoms with van der Waals surface area (Å²) in [6, 6.07) is 0. The van der Waals surface area contributed by atoms with Gasteiger partial charge in [0.15, 0.2) is 0 Å². The number of rotatable bonds is 39. The third-order valence-electron chi connectivity index (χ3n) is 6.64. The summed E-state index contributed by atoms with van der Waals surface area (Å²) in [7, 11) is 3.36. The van der Waals surface area contributed by atoms with Gasteiger partial charge in [-0.1, -0.05) is 0 Å². The van der Waals surface area contributed by atoms with Crippen molar-refractivity contribution in [3.8, 4) is 0 Å². The fourth-order valence-corrected chi connectivity index (χ4v) is 3.79. The molecule has 0 saturated carbocycles. The maximum Gasteiger partial charge on any atom is 0.410 e. The average Bonchev–Trinajstić information content (AvgIpc) is 3.12. The van der Waals surface area contributed by atoms with E-state index in [1.54, 1.807) is 14.1 Å². The third kappa shape index (κ3) is 41.7. The molecule has 56 heavy (non-hydrogen) atoms. The van der Waals surface area contributed by atoms with Crippen molar-refractivity contribution in [1.82, 2.24) is 9.80 Å². The molecule has 0 saturated heterocycles. The van der Waals surface area contributed by atoms with Gasteiger partial charge in [0.2, 0.25) is 0 Å². The second-order valence-electron chi connectivity index (χ2n) is 14.2. The van der Waals surface area contributed by atoms with Crippen LogP contribution in [0.3, 0.4) is 0 Å². The molecule has 0 aromatic rings. The molecular formula is C38H76N2O16. The number of hydrogen-bond donors (Lipinski definition) is 0. The van der Waals surface area contributed by atoms with Crippen LogP contribution in [0.25, 0.3) is 0 Å². The molecule has 0 rings (SSSR count). The average molecular weight is 817 g/mol. The van der Waals surface area contributed by atoms with Crippen LogP contribution in [0.1, 0.15) is 41.5 Å². The van der Waals surface area contributed by atoms with Crippen LogP contribution in [0.5, 0.6) is 0 Å².